The fraction of sp³-hybridized carbons (Fsp3) is 1.00. The number of rotatable bonds is 6. The van der Waals surface area contributed by atoms with Crippen molar-refractivity contribution >= 4 is 0 Å². The summed E-state index contributed by atoms with van der Waals surface area (Å²) < 4.78 is 6.43. The summed E-state index contributed by atoms with van der Waals surface area (Å²) >= 11 is 0. The van der Waals surface area contributed by atoms with Crippen LogP contribution in [0, 0.1) is 23.7 Å². The zero-order valence-corrected chi connectivity index (χ0v) is 15.7. The molecule has 0 bridgehead atoms. The van der Waals surface area contributed by atoms with E-state index in [1.54, 1.807) is 0 Å². The van der Waals surface area contributed by atoms with Crippen LogP contribution in [0.4, 0.5) is 0 Å². The van der Waals surface area contributed by atoms with E-state index in [0.29, 0.717) is 12.2 Å². The van der Waals surface area contributed by atoms with Gasteiger partial charge < -0.3 is 9.64 Å². The van der Waals surface area contributed by atoms with E-state index in [1.165, 1.54) is 58.2 Å². The molecule has 2 saturated heterocycles. The van der Waals surface area contributed by atoms with Crippen molar-refractivity contribution in [2.75, 3.05) is 19.6 Å². The van der Waals surface area contributed by atoms with Crippen LogP contribution in [0.5, 0.6) is 0 Å². The number of likely N-dealkylation sites (tertiary alicyclic amines) is 1. The van der Waals surface area contributed by atoms with Crippen molar-refractivity contribution in [1.29, 1.82) is 0 Å². The predicted octanol–water partition coefficient (Wildman–Crippen LogP) is 4.97. The van der Waals surface area contributed by atoms with Gasteiger partial charge in [-0.2, -0.15) is 0 Å². The Balaban J connectivity index is 1.74. The third-order valence-electron chi connectivity index (χ3n) is 5.56. The van der Waals surface area contributed by atoms with Crippen molar-refractivity contribution < 1.29 is 4.74 Å². The van der Waals surface area contributed by atoms with Gasteiger partial charge in [-0.25, -0.2) is 0 Å². The van der Waals surface area contributed by atoms with Crippen LogP contribution in [-0.2, 0) is 4.74 Å². The zero-order valence-electron chi connectivity index (χ0n) is 15.7. The molecule has 2 nitrogen and oxygen atoms in total. The van der Waals surface area contributed by atoms with E-state index in [0.717, 1.165) is 23.7 Å². The third-order valence-corrected chi connectivity index (χ3v) is 5.56. The molecule has 22 heavy (non-hydrogen) atoms. The van der Waals surface area contributed by atoms with Gasteiger partial charge >= 0.3 is 0 Å². The maximum absolute atomic E-state index is 6.43. The summed E-state index contributed by atoms with van der Waals surface area (Å²) in [4.78, 5) is 2.68. The highest BCUT2D eigenvalue weighted by Gasteiger charge is 2.29. The molecule has 4 unspecified atom stereocenters. The molecule has 2 fully saturated rings. The number of nitrogens with zero attached hydrogens (tertiary/aromatic N) is 1. The first-order valence-corrected chi connectivity index (χ1v) is 9.80. The molecule has 0 amide bonds. The first-order chi connectivity index (χ1) is 10.4. The van der Waals surface area contributed by atoms with Crippen LogP contribution < -0.4 is 0 Å². The minimum atomic E-state index is 0.506. The van der Waals surface area contributed by atoms with E-state index < -0.39 is 0 Å². The van der Waals surface area contributed by atoms with Crippen molar-refractivity contribution in [3.05, 3.63) is 0 Å². The lowest BCUT2D eigenvalue weighted by Crippen LogP contribution is -2.38. The Morgan fingerprint density at radius 2 is 1.50 bits per heavy atom. The van der Waals surface area contributed by atoms with Gasteiger partial charge in [-0.15, -0.1) is 0 Å². The normalized spacial score (nSPS) is 33.3. The fourth-order valence-corrected chi connectivity index (χ4v) is 4.42. The molecule has 0 aromatic rings. The molecule has 0 aromatic carbocycles. The van der Waals surface area contributed by atoms with Gasteiger partial charge in [0.25, 0.3) is 0 Å². The minimum Gasteiger partial charge on any atom is -0.375 e. The maximum Gasteiger partial charge on any atom is 0.0584 e. The summed E-state index contributed by atoms with van der Waals surface area (Å²) in [5, 5.41) is 0. The van der Waals surface area contributed by atoms with Crippen LogP contribution in [0.15, 0.2) is 0 Å². The van der Waals surface area contributed by atoms with Crippen molar-refractivity contribution in [2.45, 2.75) is 85.4 Å². The van der Waals surface area contributed by atoms with Crippen LogP contribution in [0.3, 0.4) is 0 Å². The van der Waals surface area contributed by atoms with Crippen molar-refractivity contribution in [3.8, 4) is 0 Å². The van der Waals surface area contributed by atoms with Gasteiger partial charge in [0.05, 0.1) is 12.2 Å². The van der Waals surface area contributed by atoms with Gasteiger partial charge in [-0.05, 0) is 75.3 Å². The van der Waals surface area contributed by atoms with Crippen LogP contribution in [0.2, 0.25) is 0 Å². The van der Waals surface area contributed by atoms with Crippen LogP contribution >= 0.6 is 0 Å². The van der Waals surface area contributed by atoms with Gasteiger partial charge in [-0.3, -0.25) is 0 Å². The average Bonchev–Trinajstić information content (AvgIpc) is 2.39. The average molecular weight is 310 g/mol. The Morgan fingerprint density at radius 3 is 2.09 bits per heavy atom. The number of hydrogen-bond acceptors (Lipinski definition) is 2. The monoisotopic (exact) mass is 309 g/mol. The highest BCUT2D eigenvalue weighted by Crippen LogP contribution is 2.31. The minimum absolute atomic E-state index is 0.506. The van der Waals surface area contributed by atoms with Crippen molar-refractivity contribution in [2.24, 2.45) is 23.7 Å². The smallest absolute Gasteiger partial charge is 0.0584 e. The Morgan fingerprint density at radius 1 is 0.909 bits per heavy atom. The van der Waals surface area contributed by atoms with Crippen LogP contribution in [0.1, 0.15) is 73.1 Å². The molecule has 0 spiro atoms. The van der Waals surface area contributed by atoms with E-state index in [-0.39, 0.29) is 0 Å². The summed E-state index contributed by atoms with van der Waals surface area (Å²) in [5.41, 5.74) is 0. The summed E-state index contributed by atoms with van der Waals surface area (Å²) in [6, 6.07) is 0. The number of piperidine rings is 1. The summed E-state index contributed by atoms with van der Waals surface area (Å²) in [6.07, 6.45) is 8.83. The molecule has 2 rings (SSSR count). The first-order valence-electron chi connectivity index (χ1n) is 9.80. The van der Waals surface area contributed by atoms with E-state index in [4.69, 9.17) is 4.74 Å². The summed E-state index contributed by atoms with van der Waals surface area (Å²) in [5.74, 6) is 3.29. The molecule has 0 aromatic heterocycles. The first kappa shape index (κ1) is 18.3. The predicted molar refractivity (Wildman–Crippen MR) is 95.1 cm³/mol. The maximum atomic E-state index is 6.43. The molecule has 0 radical (unpaired) electrons. The van der Waals surface area contributed by atoms with Gasteiger partial charge in [-0.1, -0.05) is 34.6 Å². The van der Waals surface area contributed by atoms with E-state index in [9.17, 15) is 0 Å². The molecule has 0 aliphatic carbocycles. The van der Waals surface area contributed by atoms with Gasteiger partial charge in [0, 0.05) is 6.54 Å². The molecule has 2 heterocycles. The highest BCUT2D eigenvalue weighted by atomic mass is 16.5. The van der Waals surface area contributed by atoms with Crippen LogP contribution in [0.25, 0.3) is 0 Å². The van der Waals surface area contributed by atoms with E-state index in [2.05, 4.69) is 39.5 Å². The van der Waals surface area contributed by atoms with Crippen molar-refractivity contribution in [3.63, 3.8) is 0 Å². The summed E-state index contributed by atoms with van der Waals surface area (Å²) in [6.45, 7) is 15.8. The van der Waals surface area contributed by atoms with Gasteiger partial charge in [0.1, 0.15) is 0 Å². The molecule has 130 valence electrons. The topological polar surface area (TPSA) is 12.5 Å². The fourth-order valence-electron chi connectivity index (χ4n) is 4.42. The van der Waals surface area contributed by atoms with E-state index >= 15 is 0 Å². The molecule has 2 heteroatoms. The molecule has 2 aliphatic heterocycles. The Kier molecular flexibility index (Phi) is 7.21. The molecule has 0 N–H and O–H groups in total. The largest absolute Gasteiger partial charge is 0.375 e. The quantitative estimate of drug-likeness (QED) is 0.686. The SMILES string of the molecule is CC(C)CC1CC(C)CC(CC(C)CN2CCC(C)CC2)O1. The standard InChI is InChI=1S/C20H39NO/c1-15(2)10-19-11-17(4)12-20(22-19)13-18(5)14-21-8-6-16(3)7-9-21/h15-20H,6-14H2,1-5H3. The van der Waals surface area contributed by atoms with Crippen LogP contribution in [-0.4, -0.2) is 36.7 Å². The van der Waals surface area contributed by atoms with Gasteiger partial charge in [0.15, 0.2) is 0 Å². The second kappa shape index (κ2) is 8.68. The van der Waals surface area contributed by atoms with Crippen molar-refractivity contribution in [1.82, 2.24) is 4.90 Å². The Hall–Kier alpha value is -0.0800. The van der Waals surface area contributed by atoms with Gasteiger partial charge in [0.2, 0.25) is 0 Å². The lowest BCUT2D eigenvalue weighted by Gasteiger charge is -2.37. The highest BCUT2D eigenvalue weighted by molar-refractivity contribution is 4.79. The zero-order chi connectivity index (χ0) is 16.1. The Bertz CT molecular complexity index is 307. The molecule has 4 atom stereocenters. The Labute approximate surface area is 139 Å². The number of ether oxygens (including phenoxy) is 1. The lowest BCUT2D eigenvalue weighted by molar-refractivity contribution is -0.0844. The lowest BCUT2D eigenvalue weighted by atomic mass is 9.86. The molecule has 2 aliphatic rings. The second-order valence-electron chi connectivity index (χ2n) is 8.91. The molecule has 0 saturated carbocycles. The van der Waals surface area contributed by atoms with E-state index in [1.807, 2.05) is 0 Å². The summed E-state index contributed by atoms with van der Waals surface area (Å²) in [7, 11) is 0. The molecular formula is C20H39NO. The number of hydrogen-bond donors (Lipinski definition) is 0. The third kappa shape index (κ3) is 6.20. The molecular weight excluding hydrogens is 270 g/mol. The second-order valence-corrected chi connectivity index (χ2v) is 8.91.